The third-order valence-electron chi connectivity index (χ3n) is 5.52. The molecule has 0 aliphatic carbocycles. The molecule has 3 aromatic carbocycles. The number of sulfonamides is 1. The number of ether oxygens (including phenoxy) is 1. The van der Waals surface area contributed by atoms with Gasteiger partial charge in [0, 0.05) is 18.7 Å². The van der Waals surface area contributed by atoms with E-state index in [1.54, 1.807) is 19.9 Å². The molecular formula is C25H27N3O6S. The van der Waals surface area contributed by atoms with E-state index in [-0.39, 0.29) is 22.8 Å². The molecule has 35 heavy (non-hydrogen) atoms. The molecule has 0 radical (unpaired) electrons. The minimum atomic E-state index is -4.03. The summed E-state index contributed by atoms with van der Waals surface area (Å²) in [6.45, 7) is 3.05. The van der Waals surface area contributed by atoms with Gasteiger partial charge in [-0.15, -0.1) is 0 Å². The molecule has 0 spiro atoms. The lowest BCUT2D eigenvalue weighted by atomic mass is 10.1. The van der Waals surface area contributed by atoms with Crippen molar-refractivity contribution >= 4 is 27.3 Å². The van der Waals surface area contributed by atoms with Gasteiger partial charge in [0.1, 0.15) is 5.75 Å². The zero-order chi connectivity index (χ0) is 25.6. The normalized spacial score (nSPS) is 11.3. The molecule has 0 saturated carbocycles. The Labute approximate surface area is 204 Å². The fraction of sp³-hybridized carbons (Fsp3) is 0.240. The number of nitro benzene ring substituents is 1. The Morgan fingerprint density at radius 1 is 1.03 bits per heavy atom. The van der Waals surface area contributed by atoms with Gasteiger partial charge in [-0.25, -0.2) is 8.42 Å². The predicted molar refractivity (Wildman–Crippen MR) is 133 cm³/mol. The van der Waals surface area contributed by atoms with Gasteiger partial charge in [0.15, 0.2) is 0 Å². The Kier molecular flexibility index (Phi) is 8.21. The number of carbonyl (C=O) groups is 1. The first-order chi connectivity index (χ1) is 16.6. The highest BCUT2D eigenvalue weighted by Crippen LogP contribution is 2.25. The predicted octanol–water partition coefficient (Wildman–Crippen LogP) is 4.09. The molecule has 0 aliphatic heterocycles. The molecule has 1 N–H and O–H groups in total. The molecule has 0 fully saturated rings. The highest BCUT2D eigenvalue weighted by molar-refractivity contribution is 7.89. The minimum Gasteiger partial charge on any atom is -0.496 e. The van der Waals surface area contributed by atoms with Gasteiger partial charge in [-0.05, 0) is 55.2 Å². The number of amides is 1. The van der Waals surface area contributed by atoms with Gasteiger partial charge < -0.3 is 10.1 Å². The van der Waals surface area contributed by atoms with Crippen molar-refractivity contribution in [2.24, 2.45) is 0 Å². The van der Waals surface area contributed by atoms with Gasteiger partial charge in [-0.1, -0.05) is 36.4 Å². The number of non-ortho nitro benzene ring substituents is 1. The SMILES string of the molecule is COc1ccc(S(=O)(=O)N(CCc2ccccc2)CC(=O)Nc2cc([N+](=O)[O-])ccc2C)cc1C. The van der Waals surface area contributed by atoms with Crippen molar-refractivity contribution in [3.63, 3.8) is 0 Å². The standard InChI is InChI=1S/C25H27N3O6S/c1-18-9-10-21(28(30)31)16-23(18)26-25(29)17-27(14-13-20-7-5-4-6-8-20)35(32,33)22-11-12-24(34-3)19(2)15-22/h4-12,15-16H,13-14,17H2,1-3H3,(H,26,29). The van der Waals surface area contributed by atoms with Crippen LogP contribution < -0.4 is 10.1 Å². The lowest BCUT2D eigenvalue weighted by molar-refractivity contribution is -0.384. The lowest BCUT2D eigenvalue weighted by Crippen LogP contribution is -2.39. The number of carbonyl (C=O) groups excluding carboxylic acids is 1. The van der Waals surface area contributed by atoms with Crippen LogP contribution in [0.15, 0.2) is 71.6 Å². The van der Waals surface area contributed by atoms with Crippen LogP contribution in [0.2, 0.25) is 0 Å². The molecule has 3 rings (SSSR count). The molecule has 1 amide bonds. The van der Waals surface area contributed by atoms with E-state index in [9.17, 15) is 23.3 Å². The molecule has 3 aromatic rings. The number of nitro groups is 1. The summed E-state index contributed by atoms with van der Waals surface area (Å²) in [5, 5.41) is 13.7. The van der Waals surface area contributed by atoms with Crippen molar-refractivity contribution in [2.75, 3.05) is 25.5 Å². The van der Waals surface area contributed by atoms with Gasteiger partial charge in [0.2, 0.25) is 15.9 Å². The number of benzene rings is 3. The van der Waals surface area contributed by atoms with Crippen LogP contribution in [0, 0.1) is 24.0 Å². The molecule has 0 bridgehead atoms. The van der Waals surface area contributed by atoms with Crippen molar-refractivity contribution in [1.82, 2.24) is 4.31 Å². The second kappa shape index (κ2) is 11.1. The summed E-state index contributed by atoms with van der Waals surface area (Å²) < 4.78 is 33.4. The van der Waals surface area contributed by atoms with Crippen molar-refractivity contribution in [1.29, 1.82) is 0 Å². The summed E-state index contributed by atoms with van der Waals surface area (Å²) in [6.07, 6.45) is 0.401. The third-order valence-corrected chi connectivity index (χ3v) is 7.36. The number of aryl methyl sites for hydroxylation is 2. The quantitative estimate of drug-likeness (QED) is 0.333. The summed E-state index contributed by atoms with van der Waals surface area (Å²) >= 11 is 0. The number of hydrogen-bond donors (Lipinski definition) is 1. The van der Waals surface area contributed by atoms with E-state index in [0.717, 1.165) is 9.87 Å². The largest absolute Gasteiger partial charge is 0.496 e. The minimum absolute atomic E-state index is 0.0446. The van der Waals surface area contributed by atoms with Gasteiger partial charge in [0.05, 0.1) is 29.2 Å². The van der Waals surface area contributed by atoms with E-state index in [1.807, 2.05) is 30.3 Å². The van der Waals surface area contributed by atoms with Crippen LogP contribution in [-0.4, -0.2) is 43.8 Å². The van der Waals surface area contributed by atoms with E-state index in [4.69, 9.17) is 4.74 Å². The fourth-order valence-electron chi connectivity index (χ4n) is 3.55. The first-order valence-corrected chi connectivity index (χ1v) is 12.3. The average Bonchev–Trinajstić information content (AvgIpc) is 2.83. The molecule has 184 valence electrons. The van der Waals surface area contributed by atoms with Gasteiger partial charge >= 0.3 is 0 Å². The molecule has 0 heterocycles. The molecule has 0 atom stereocenters. The Bertz CT molecular complexity index is 1330. The molecular weight excluding hydrogens is 470 g/mol. The third kappa shape index (κ3) is 6.43. The summed E-state index contributed by atoms with van der Waals surface area (Å²) in [6, 6.07) is 18.0. The van der Waals surface area contributed by atoms with Gasteiger partial charge in [0.25, 0.3) is 5.69 Å². The molecule has 0 aliphatic rings. The zero-order valence-electron chi connectivity index (χ0n) is 19.7. The molecule has 0 saturated heterocycles. The number of methoxy groups -OCH3 is 1. The van der Waals surface area contributed by atoms with Crippen molar-refractivity contribution in [3.05, 3.63) is 93.5 Å². The van der Waals surface area contributed by atoms with Gasteiger partial charge in [-0.3, -0.25) is 14.9 Å². The van der Waals surface area contributed by atoms with Gasteiger partial charge in [-0.2, -0.15) is 4.31 Å². The van der Waals surface area contributed by atoms with Crippen LogP contribution in [0.5, 0.6) is 5.75 Å². The zero-order valence-corrected chi connectivity index (χ0v) is 20.5. The van der Waals surface area contributed by atoms with E-state index in [2.05, 4.69) is 5.32 Å². The number of nitrogens with one attached hydrogen (secondary N) is 1. The maximum Gasteiger partial charge on any atom is 0.271 e. The van der Waals surface area contributed by atoms with Crippen LogP contribution in [-0.2, 0) is 21.2 Å². The van der Waals surface area contributed by atoms with E-state index >= 15 is 0 Å². The number of anilines is 1. The Hall–Kier alpha value is -3.76. The van der Waals surface area contributed by atoms with Crippen molar-refractivity contribution in [2.45, 2.75) is 25.2 Å². The highest BCUT2D eigenvalue weighted by Gasteiger charge is 2.27. The summed E-state index contributed by atoms with van der Waals surface area (Å²) in [5.41, 5.74) is 2.27. The van der Waals surface area contributed by atoms with E-state index in [1.165, 1.54) is 37.4 Å². The summed E-state index contributed by atoms with van der Waals surface area (Å²) in [5.74, 6) is -0.0471. The molecule has 10 heteroatoms. The van der Waals surface area contributed by atoms with E-state index in [0.29, 0.717) is 23.3 Å². The second-order valence-corrected chi connectivity index (χ2v) is 9.95. The second-order valence-electron chi connectivity index (χ2n) is 8.01. The van der Waals surface area contributed by atoms with Crippen LogP contribution in [0.25, 0.3) is 0 Å². The van der Waals surface area contributed by atoms with Crippen molar-refractivity contribution < 1.29 is 22.9 Å². The number of nitrogens with zero attached hydrogens (tertiary/aromatic N) is 2. The Morgan fingerprint density at radius 3 is 2.37 bits per heavy atom. The maximum atomic E-state index is 13.5. The van der Waals surface area contributed by atoms with Crippen LogP contribution in [0.4, 0.5) is 11.4 Å². The van der Waals surface area contributed by atoms with Crippen LogP contribution >= 0.6 is 0 Å². The number of rotatable bonds is 10. The highest BCUT2D eigenvalue weighted by atomic mass is 32.2. The topological polar surface area (TPSA) is 119 Å². The number of hydrogen-bond acceptors (Lipinski definition) is 6. The smallest absolute Gasteiger partial charge is 0.271 e. The van der Waals surface area contributed by atoms with Crippen molar-refractivity contribution in [3.8, 4) is 5.75 Å². The van der Waals surface area contributed by atoms with E-state index < -0.39 is 27.4 Å². The molecule has 0 aromatic heterocycles. The Balaban J connectivity index is 1.88. The first-order valence-electron chi connectivity index (χ1n) is 10.9. The average molecular weight is 498 g/mol. The fourth-order valence-corrected chi connectivity index (χ4v) is 5.03. The Morgan fingerprint density at radius 2 is 1.74 bits per heavy atom. The lowest BCUT2D eigenvalue weighted by Gasteiger charge is -2.22. The van der Waals surface area contributed by atoms with Crippen LogP contribution in [0.3, 0.4) is 0 Å². The maximum absolute atomic E-state index is 13.5. The van der Waals surface area contributed by atoms with Crippen LogP contribution in [0.1, 0.15) is 16.7 Å². The monoisotopic (exact) mass is 497 g/mol. The molecule has 0 unspecified atom stereocenters. The first kappa shape index (κ1) is 25.9. The summed E-state index contributed by atoms with van der Waals surface area (Å²) in [4.78, 5) is 23.5. The summed E-state index contributed by atoms with van der Waals surface area (Å²) in [7, 11) is -2.53. The molecule has 9 nitrogen and oxygen atoms in total.